The fourth-order valence-electron chi connectivity index (χ4n) is 8.00. The van der Waals surface area contributed by atoms with E-state index in [4.69, 9.17) is 31.7 Å². The number of benzene rings is 6. The van der Waals surface area contributed by atoms with E-state index >= 15 is 0 Å². The van der Waals surface area contributed by atoms with E-state index < -0.39 is 15.2 Å². The van der Waals surface area contributed by atoms with E-state index in [1.807, 2.05) is 0 Å². The zero-order valence-electron chi connectivity index (χ0n) is 40.1. The summed E-state index contributed by atoms with van der Waals surface area (Å²) in [6.45, 7) is 0. The first-order valence-corrected chi connectivity index (χ1v) is 28.1. The summed E-state index contributed by atoms with van der Waals surface area (Å²) in [5.41, 5.74) is 4.09. The van der Waals surface area contributed by atoms with Gasteiger partial charge in [-0.1, -0.05) is 0 Å². The molecule has 0 saturated carbocycles. The third kappa shape index (κ3) is 9.60. The van der Waals surface area contributed by atoms with Crippen LogP contribution in [0.4, 0.5) is 0 Å². The quantitative estimate of drug-likeness (QED) is 0.0762. The summed E-state index contributed by atoms with van der Waals surface area (Å²) in [5.74, 6) is 1.42. The van der Waals surface area contributed by atoms with Crippen LogP contribution >= 0.6 is 23.7 Å². The van der Waals surface area contributed by atoms with Crippen molar-refractivity contribution in [2.24, 2.45) is 4.52 Å². The van der Waals surface area contributed by atoms with Gasteiger partial charge in [-0.2, -0.15) is 0 Å². The Kier molecular flexibility index (Phi) is 11.9. The van der Waals surface area contributed by atoms with Gasteiger partial charge in [0.15, 0.2) is 0 Å². The van der Waals surface area contributed by atoms with Crippen LogP contribution in [0.5, 0.6) is 34.5 Å². The summed E-state index contributed by atoms with van der Waals surface area (Å²) >= 11 is 0. The Hall–Kier alpha value is -10.2. The number of nitrogens with zero attached hydrogens (tertiary/aromatic N) is 19. The minimum absolute atomic E-state index is 0.0256. The van der Waals surface area contributed by atoms with Gasteiger partial charge in [0.05, 0.1) is 0 Å². The van der Waals surface area contributed by atoms with E-state index in [0.29, 0.717) is 34.1 Å². The molecule has 0 atom stereocenters. The summed E-state index contributed by atoms with van der Waals surface area (Å²) in [4.78, 5) is 31.9. The Morgan fingerprint density at radius 1 is 0.295 bits per heavy atom. The van der Waals surface area contributed by atoms with Crippen molar-refractivity contribution in [3.05, 3.63) is 222 Å². The molecular weight excluding hydrogens is 1060 g/mol. The van der Waals surface area contributed by atoms with Crippen LogP contribution in [0, 0.1) is 0 Å². The molecule has 7 heterocycles. The molecule has 0 aliphatic carbocycles. The monoisotopic (exact) mass is 1100 g/mol. The average molecular weight is 1100 g/mol. The van der Waals surface area contributed by atoms with Crippen LogP contribution in [-0.4, -0.2) is 88.6 Å². The molecule has 0 saturated heterocycles. The first-order chi connectivity index (χ1) is 38.3. The fraction of sp³-hybridized carbons (Fsp3) is 0. The zero-order chi connectivity index (χ0) is 52.3. The van der Waals surface area contributed by atoms with E-state index in [-0.39, 0.29) is 43.0 Å². The summed E-state index contributed by atoms with van der Waals surface area (Å²) in [5, 5.41) is 26.0. The van der Waals surface area contributed by atoms with E-state index in [1.54, 1.807) is 212 Å². The van der Waals surface area contributed by atoms with Crippen LogP contribution in [0.2, 0.25) is 0 Å². The standard InChI is InChI=1S/C48H38N21O6P3/c1-13-43(14-2-37(1)64-31-49-25-55-64)70-77(71-44-15-3-38(4-16-44)65-32-50-26-56-65,72-45-17-5-39(6-18-45)66-33-51-27-57-66)61-76-62-78(63-77,73-46-19-7-40(8-20-46)67-34-52-28-58-67,74-47-21-9-41(10-22-47)68-35-53-29-59-68)75-48-23-11-42(12-24-48)69-36-54-30-60-69/h1-36,63H,(H,61,62). The zero-order valence-corrected chi connectivity index (χ0v) is 42.8. The van der Waals surface area contributed by atoms with Crippen LogP contribution in [0.3, 0.4) is 0 Å². The second kappa shape index (κ2) is 19.5. The third-order valence-corrected chi connectivity index (χ3v) is 20.8. The summed E-state index contributed by atoms with van der Waals surface area (Å²) < 4.78 is 59.5. The predicted molar refractivity (Wildman–Crippen MR) is 281 cm³/mol. The minimum atomic E-state index is -5.78. The molecule has 1 aliphatic heterocycles. The van der Waals surface area contributed by atoms with Crippen molar-refractivity contribution < 1.29 is 27.1 Å². The van der Waals surface area contributed by atoms with E-state index in [9.17, 15) is 0 Å². The van der Waals surface area contributed by atoms with E-state index in [1.165, 1.54) is 38.0 Å². The third-order valence-electron chi connectivity index (χ3n) is 11.5. The molecule has 30 heteroatoms. The molecule has 0 radical (unpaired) electrons. The van der Waals surface area contributed by atoms with Gasteiger partial charge in [0.1, 0.15) is 0 Å². The Bertz CT molecular complexity index is 3530. The molecule has 12 aromatic rings. The average Bonchev–Trinajstić information content (AvgIpc) is 4.46. The van der Waals surface area contributed by atoms with Gasteiger partial charge in [-0.05, 0) is 0 Å². The second-order valence-corrected chi connectivity index (χ2v) is 23.7. The van der Waals surface area contributed by atoms with Crippen LogP contribution in [-0.2, 0) is 0 Å². The van der Waals surface area contributed by atoms with Crippen LogP contribution < -0.4 is 36.9 Å². The SMILES string of the molecule is c1ncn(-c2ccc(OP3(Oc4ccc(-n5cncn5)cc4)(Oc4ccc(-n5cncn5)cc4)N=PNP(Oc4ccc(-n5cncn5)cc4)(Oc4ccc(-n5cncn5)cc4)(Oc4ccc(-n5cncn5)cc4)N3)cc2)n1. The van der Waals surface area contributed by atoms with Gasteiger partial charge in [0, 0.05) is 0 Å². The van der Waals surface area contributed by atoms with Crippen molar-refractivity contribution in [2.75, 3.05) is 0 Å². The molecule has 78 heavy (non-hydrogen) atoms. The summed E-state index contributed by atoms with van der Waals surface area (Å²) in [7, 11) is -11.4. The molecular formula is C48H38N21O6P3. The summed E-state index contributed by atoms with van der Waals surface area (Å²) in [6, 6.07) is 42.3. The molecule has 27 nitrogen and oxygen atoms in total. The molecule has 0 unspecified atom stereocenters. The van der Waals surface area contributed by atoms with Gasteiger partial charge >= 0.3 is 444 Å². The Labute approximate surface area is 442 Å². The van der Waals surface area contributed by atoms with Gasteiger partial charge in [-0.25, -0.2) is 0 Å². The van der Waals surface area contributed by atoms with Crippen LogP contribution in [0.15, 0.2) is 226 Å². The van der Waals surface area contributed by atoms with Gasteiger partial charge in [-0.3, -0.25) is 0 Å². The second-order valence-electron chi connectivity index (χ2n) is 16.7. The molecule has 386 valence electrons. The van der Waals surface area contributed by atoms with E-state index in [2.05, 4.69) is 70.2 Å². The van der Waals surface area contributed by atoms with Gasteiger partial charge in [0.2, 0.25) is 0 Å². The molecule has 6 aromatic heterocycles. The van der Waals surface area contributed by atoms with Crippen molar-refractivity contribution in [1.29, 1.82) is 0 Å². The van der Waals surface area contributed by atoms with Gasteiger partial charge in [0.25, 0.3) is 0 Å². The number of aromatic nitrogens is 18. The molecule has 13 rings (SSSR count). The molecule has 0 fully saturated rings. The van der Waals surface area contributed by atoms with Gasteiger partial charge in [-0.15, -0.1) is 0 Å². The van der Waals surface area contributed by atoms with Crippen LogP contribution in [0.1, 0.15) is 0 Å². The topological polar surface area (TPSA) is 276 Å². The molecule has 0 spiro atoms. The molecule has 2 N–H and O–H groups in total. The fourth-order valence-corrected chi connectivity index (χ4v) is 18.3. The van der Waals surface area contributed by atoms with Crippen molar-refractivity contribution in [2.45, 2.75) is 0 Å². The molecule has 0 amide bonds. The number of hydrogen-bond donors (Lipinski definition) is 2. The summed E-state index contributed by atoms with van der Waals surface area (Å²) in [6.07, 6.45) is 18.2. The predicted octanol–water partition coefficient (Wildman–Crippen LogP) is 8.44. The number of nitrogens with one attached hydrogen (secondary N) is 2. The Morgan fingerprint density at radius 3 is 0.718 bits per heavy atom. The Balaban J connectivity index is 1.04. The molecule has 1 aliphatic rings. The van der Waals surface area contributed by atoms with Crippen molar-refractivity contribution in [3.8, 4) is 68.6 Å². The van der Waals surface area contributed by atoms with Crippen LogP contribution in [0.25, 0.3) is 34.1 Å². The first kappa shape index (κ1) is 47.5. The molecule has 6 aromatic carbocycles. The van der Waals surface area contributed by atoms with E-state index in [0.717, 1.165) is 0 Å². The Morgan fingerprint density at radius 2 is 0.513 bits per heavy atom. The maximum atomic E-state index is 7.45. The van der Waals surface area contributed by atoms with Gasteiger partial charge < -0.3 is 0 Å². The maximum absolute atomic E-state index is 7.45. The van der Waals surface area contributed by atoms with Crippen molar-refractivity contribution in [1.82, 2.24) is 98.3 Å². The van der Waals surface area contributed by atoms with Crippen molar-refractivity contribution >= 4 is 23.7 Å². The first-order valence-electron chi connectivity index (χ1n) is 23.3. The normalized spacial score (nSPS) is 16.1. The number of hydrogen-bond acceptors (Lipinski definition) is 21. The molecule has 0 bridgehead atoms. The van der Waals surface area contributed by atoms with Crippen molar-refractivity contribution in [3.63, 3.8) is 0 Å². The number of rotatable bonds is 18.